The number of nitrogens with one attached hydrogen (secondary N) is 1. The first-order valence-electron chi connectivity index (χ1n) is 10.4. The maximum atomic E-state index is 13.4. The van der Waals surface area contributed by atoms with E-state index >= 15 is 0 Å². The van der Waals surface area contributed by atoms with Gasteiger partial charge >= 0.3 is 0 Å². The fourth-order valence-corrected chi connectivity index (χ4v) is 5.06. The second kappa shape index (κ2) is 7.63. The van der Waals surface area contributed by atoms with E-state index in [9.17, 15) is 9.59 Å². The standard InChI is InChI=1S/C21H25N5O3S/c1-12(14-3-4-14)26-11-15-9-16(17-10-22-21(30-17)23-13(2)27)24-19(18(15)20(26)28)25-5-7-29-8-6-25/h9-10,12,14H,3-8,11H2,1-2H3,(H,22,23,27). The van der Waals surface area contributed by atoms with Crippen LogP contribution in [0.5, 0.6) is 0 Å². The summed E-state index contributed by atoms with van der Waals surface area (Å²) in [6, 6.07) is 2.27. The van der Waals surface area contributed by atoms with Crippen molar-refractivity contribution in [2.45, 2.75) is 39.3 Å². The van der Waals surface area contributed by atoms with E-state index in [2.05, 4.69) is 22.1 Å². The molecule has 8 nitrogen and oxygen atoms in total. The molecule has 2 aromatic heterocycles. The number of morpholine rings is 1. The number of fused-ring (bicyclic) bond motifs is 1. The van der Waals surface area contributed by atoms with Crippen LogP contribution >= 0.6 is 11.3 Å². The lowest BCUT2D eigenvalue weighted by Crippen LogP contribution is -2.39. The van der Waals surface area contributed by atoms with Gasteiger partial charge in [-0.25, -0.2) is 9.97 Å². The number of ether oxygens (including phenoxy) is 1. The monoisotopic (exact) mass is 427 g/mol. The third-order valence-electron chi connectivity index (χ3n) is 6.05. The molecule has 0 radical (unpaired) electrons. The van der Waals surface area contributed by atoms with Gasteiger partial charge in [-0.2, -0.15) is 0 Å². The Morgan fingerprint density at radius 2 is 2.10 bits per heavy atom. The van der Waals surface area contributed by atoms with E-state index in [1.165, 1.54) is 31.1 Å². The van der Waals surface area contributed by atoms with E-state index in [0.29, 0.717) is 43.9 Å². The summed E-state index contributed by atoms with van der Waals surface area (Å²) in [5.74, 6) is 1.30. The SMILES string of the molecule is CC(=O)Nc1ncc(-c2cc3c(c(N4CCOCC4)n2)C(=O)N(C(C)C2CC2)C3)s1. The molecule has 4 heterocycles. The van der Waals surface area contributed by atoms with Crippen molar-refractivity contribution in [1.29, 1.82) is 0 Å². The number of amides is 2. The Labute approximate surface area is 179 Å². The van der Waals surface area contributed by atoms with Crippen molar-refractivity contribution in [3.05, 3.63) is 23.4 Å². The van der Waals surface area contributed by atoms with Gasteiger partial charge in [0.1, 0.15) is 5.82 Å². The highest BCUT2D eigenvalue weighted by Crippen LogP contribution is 2.41. The molecule has 1 atom stereocenters. The zero-order valence-corrected chi connectivity index (χ0v) is 18.0. The molecule has 1 aliphatic carbocycles. The van der Waals surface area contributed by atoms with Gasteiger partial charge in [0.25, 0.3) is 5.91 Å². The average Bonchev–Trinajstić information content (AvgIpc) is 3.41. The second-order valence-corrected chi connectivity index (χ2v) is 9.22. The Kier molecular flexibility index (Phi) is 4.94. The molecule has 1 saturated carbocycles. The Morgan fingerprint density at radius 1 is 1.33 bits per heavy atom. The zero-order valence-electron chi connectivity index (χ0n) is 17.2. The summed E-state index contributed by atoms with van der Waals surface area (Å²) in [5.41, 5.74) is 2.55. The summed E-state index contributed by atoms with van der Waals surface area (Å²) in [6.45, 7) is 6.94. The molecule has 0 bridgehead atoms. The highest BCUT2D eigenvalue weighted by Gasteiger charge is 2.41. The summed E-state index contributed by atoms with van der Waals surface area (Å²) in [6.07, 6.45) is 4.14. The molecule has 2 aromatic rings. The van der Waals surface area contributed by atoms with Gasteiger partial charge < -0.3 is 19.9 Å². The number of nitrogens with zero attached hydrogens (tertiary/aromatic N) is 4. The smallest absolute Gasteiger partial charge is 0.258 e. The van der Waals surface area contributed by atoms with Gasteiger partial charge in [-0.15, -0.1) is 0 Å². The summed E-state index contributed by atoms with van der Waals surface area (Å²) in [4.78, 5) is 39.0. The molecule has 2 aliphatic heterocycles. The van der Waals surface area contributed by atoms with Crippen LogP contribution in [0.3, 0.4) is 0 Å². The molecule has 1 saturated heterocycles. The Morgan fingerprint density at radius 3 is 2.80 bits per heavy atom. The third kappa shape index (κ3) is 3.56. The molecule has 1 unspecified atom stereocenters. The van der Waals surface area contributed by atoms with Crippen LogP contribution in [0.2, 0.25) is 0 Å². The lowest BCUT2D eigenvalue weighted by molar-refractivity contribution is -0.114. The number of thiazole rings is 1. The predicted molar refractivity (Wildman–Crippen MR) is 115 cm³/mol. The molecular formula is C21H25N5O3S. The fraction of sp³-hybridized carbons (Fsp3) is 0.524. The lowest BCUT2D eigenvalue weighted by Gasteiger charge is -2.29. The number of carbonyl (C=O) groups excluding carboxylic acids is 2. The van der Waals surface area contributed by atoms with Crippen molar-refractivity contribution in [2.24, 2.45) is 5.92 Å². The maximum Gasteiger partial charge on any atom is 0.258 e. The van der Waals surface area contributed by atoms with Crippen molar-refractivity contribution in [2.75, 3.05) is 36.5 Å². The molecule has 0 spiro atoms. The minimum Gasteiger partial charge on any atom is -0.378 e. The van der Waals surface area contributed by atoms with Crippen LogP contribution in [0.4, 0.5) is 10.9 Å². The highest BCUT2D eigenvalue weighted by atomic mass is 32.1. The fourth-order valence-electron chi connectivity index (χ4n) is 4.23. The molecule has 9 heteroatoms. The first-order chi connectivity index (χ1) is 14.5. The number of rotatable bonds is 5. The number of anilines is 2. The van der Waals surface area contributed by atoms with Crippen LogP contribution in [-0.4, -0.2) is 59.0 Å². The third-order valence-corrected chi connectivity index (χ3v) is 6.98. The molecule has 2 fully saturated rings. The largest absolute Gasteiger partial charge is 0.378 e. The number of hydrogen-bond acceptors (Lipinski definition) is 7. The van der Waals surface area contributed by atoms with Gasteiger partial charge in [0.15, 0.2) is 5.13 Å². The minimum absolute atomic E-state index is 0.0909. The maximum absolute atomic E-state index is 13.4. The van der Waals surface area contributed by atoms with Crippen LogP contribution in [0.1, 0.15) is 42.6 Å². The van der Waals surface area contributed by atoms with Crippen LogP contribution < -0.4 is 10.2 Å². The molecule has 0 aromatic carbocycles. The second-order valence-electron chi connectivity index (χ2n) is 8.19. The zero-order chi connectivity index (χ0) is 20.8. The number of pyridine rings is 1. The average molecular weight is 428 g/mol. The Balaban J connectivity index is 1.54. The molecule has 5 rings (SSSR count). The first-order valence-corrected chi connectivity index (χ1v) is 11.2. The Bertz CT molecular complexity index is 997. The quantitative estimate of drug-likeness (QED) is 0.790. The van der Waals surface area contributed by atoms with Crippen LogP contribution in [0, 0.1) is 5.92 Å². The minimum atomic E-state index is -0.151. The first kappa shape index (κ1) is 19.4. The summed E-state index contributed by atoms with van der Waals surface area (Å²) in [7, 11) is 0. The van der Waals surface area contributed by atoms with E-state index in [1.807, 2.05) is 11.0 Å². The summed E-state index contributed by atoms with van der Waals surface area (Å²) >= 11 is 1.39. The Hall–Kier alpha value is -2.52. The van der Waals surface area contributed by atoms with Crippen molar-refractivity contribution in [3.63, 3.8) is 0 Å². The van der Waals surface area contributed by atoms with Gasteiger partial charge in [0.2, 0.25) is 5.91 Å². The highest BCUT2D eigenvalue weighted by molar-refractivity contribution is 7.19. The summed E-state index contributed by atoms with van der Waals surface area (Å²) in [5, 5.41) is 3.27. The van der Waals surface area contributed by atoms with Gasteiger partial charge in [0.05, 0.1) is 29.3 Å². The molecule has 30 heavy (non-hydrogen) atoms. The van der Waals surface area contributed by atoms with Crippen LogP contribution in [0.15, 0.2) is 12.3 Å². The molecular weight excluding hydrogens is 402 g/mol. The van der Waals surface area contributed by atoms with E-state index in [1.54, 1.807) is 6.20 Å². The van der Waals surface area contributed by atoms with Gasteiger partial charge in [0, 0.05) is 38.8 Å². The van der Waals surface area contributed by atoms with Crippen molar-refractivity contribution < 1.29 is 14.3 Å². The van der Waals surface area contributed by atoms with Gasteiger partial charge in [-0.05, 0) is 37.3 Å². The van der Waals surface area contributed by atoms with Gasteiger partial charge in [-0.1, -0.05) is 11.3 Å². The topological polar surface area (TPSA) is 87.7 Å². The molecule has 1 N–H and O–H groups in total. The summed E-state index contributed by atoms with van der Waals surface area (Å²) < 4.78 is 5.51. The van der Waals surface area contributed by atoms with Crippen LogP contribution in [0.25, 0.3) is 10.6 Å². The van der Waals surface area contributed by atoms with E-state index < -0.39 is 0 Å². The van der Waals surface area contributed by atoms with E-state index in [-0.39, 0.29) is 17.9 Å². The lowest BCUT2D eigenvalue weighted by atomic mass is 10.1. The van der Waals surface area contributed by atoms with E-state index in [4.69, 9.17) is 9.72 Å². The number of aromatic nitrogens is 2. The van der Waals surface area contributed by atoms with Crippen LogP contribution in [-0.2, 0) is 16.1 Å². The normalized spacial score (nSPS) is 19.7. The molecule has 2 amide bonds. The number of hydrogen-bond donors (Lipinski definition) is 1. The molecule has 3 aliphatic rings. The van der Waals surface area contributed by atoms with E-state index in [0.717, 1.165) is 27.5 Å². The predicted octanol–water partition coefficient (Wildman–Crippen LogP) is 2.75. The van der Waals surface area contributed by atoms with Crippen molar-refractivity contribution >= 4 is 34.1 Å². The molecule has 158 valence electrons. The van der Waals surface area contributed by atoms with Crippen molar-refractivity contribution in [1.82, 2.24) is 14.9 Å². The number of carbonyl (C=O) groups is 2. The van der Waals surface area contributed by atoms with Gasteiger partial charge in [-0.3, -0.25) is 9.59 Å². The van der Waals surface area contributed by atoms with Crippen molar-refractivity contribution in [3.8, 4) is 10.6 Å².